The molecular weight excluding hydrogens is 318 g/mol. The first-order valence-corrected chi connectivity index (χ1v) is 8.43. The maximum atomic E-state index is 12.2. The summed E-state index contributed by atoms with van der Waals surface area (Å²) in [6.45, 7) is 3.35. The minimum atomic E-state index is -0.541. The molecular formula is C20H25NO4. The van der Waals surface area contributed by atoms with E-state index in [9.17, 15) is 4.79 Å². The molecule has 0 aromatic heterocycles. The summed E-state index contributed by atoms with van der Waals surface area (Å²) in [5, 5.41) is 2.85. The van der Waals surface area contributed by atoms with Crippen LogP contribution in [0.5, 0.6) is 11.5 Å². The van der Waals surface area contributed by atoms with E-state index >= 15 is 0 Å². The first-order chi connectivity index (χ1) is 12.2. The number of amides is 1. The van der Waals surface area contributed by atoms with E-state index < -0.39 is 6.10 Å². The lowest BCUT2D eigenvalue weighted by Crippen LogP contribution is -2.39. The summed E-state index contributed by atoms with van der Waals surface area (Å²) in [4.78, 5) is 12.2. The van der Waals surface area contributed by atoms with Gasteiger partial charge in [0.15, 0.2) is 6.10 Å². The van der Waals surface area contributed by atoms with E-state index in [4.69, 9.17) is 14.2 Å². The van der Waals surface area contributed by atoms with Crippen molar-refractivity contribution in [1.82, 2.24) is 5.32 Å². The molecule has 0 aliphatic rings. The third-order valence-electron chi connectivity index (χ3n) is 3.64. The highest BCUT2D eigenvalue weighted by molar-refractivity contribution is 5.81. The van der Waals surface area contributed by atoms with Crippen molar-refractivity contribution in [3.63, 3.8) is 0 Å². The molecule has 0 heterocycles. The van der Waals surface area contributed by atoms with Crippen molar-refractivity contribution in [1.29, 1.82) is 0 Å². The van der Waals surface area contributed by atoms with Gasteiger partial charge in [-0.1, -0.05) is 43.3 Å². The summed E-state index contributed by atoms with van der Waals surface area (Å²) < 4.78 is 16.5. The topological polar surface area (TPSA) is 56.8 Å². The fraction of sp³-hybridized carbons (Fsp3) is 0.350. The van der Waals surface area contributed by atoms with E-state index in [1.807, 2.05) is 49.4 Å². The average molecular weight is 343 g/mol. The van der Waals surface area contributed by atoms with Crippen molar-refractivity contribution in [2.24, 2.45) is 0 Å². The SMILES string of the molecule is CCC(Oc1cccc(OC)c1)C(=O)NCCOCc1ccccc1. The van der Waals surface area contributed by atoms with Gasteiger partial charge in [-0.15, -0.1) is 0 Å². The molecule has 1 N–H and O–H groups in total. The van der Waals surface area contributed by atoms with E-state index in [0.29, 0.717) is 37.7 Å². The Morgan fingerprint density at radius 3 is 2.56 bits per heavy atom. The van der Waals surface area contributed by atoms with E-state index in [0.717, 1.165) is 5.56 Å². The average Bonchev–Trinajstić information content (AvgIpc) is 2.66. The summed E-state index contributed by atoms with van der Waals surface area (Å²) in [6.07, 6.45) is 0.0368. The Kier molecular flexibility index (Phi) is 7.79. The molecule has 1 atom stereocenters. The Bertz CT molecular complexity index is 645. The molecule has 0 radical (unpaired) electrons. The summed E-state index contributed by atoms with van der Waals surface area (Å²) in [5.41, 5.74) is 1.11. The molecule has 25 heavy (non-hydrogen) atoms. The smallest absolute Gasteiger partial charge is 0.261 e. The number of hydrogen-bond acceptors (Lipinski definition) is 4. The van der Waals surface area contributed by atoms with Gasteiger partial charge < -0.3 is 19.5 Å². The van der Waals surface area contributed by atoms with Gasteiger partial charge >= 0.3 is 0 Å². The second kappa shape index (κ2) is 10.4. The number of nitrogens with one attached hydrogen (secondary N) is 1. The lowest BCUT2D eigenvalue weighted by atomic mass is 10.2. The van der Waals surface area contributed by atoms with Gasteiger partial charge in [0.05, 0.1) is 20.3 Å². The molecule has 0 aliphatic carbocycles. The summed E-state index contributed by atoms with van der Waals surface area (Å²) in [6, 6.07) is 17.2. The van der Waals surface area contributed by atoms with Crippen molar-refractivity contribution in [3.8, 4) is 11.5 Å². The molecule has 1 amide bonds. The standard InChI is InChI=1S/C20H25NO4/c1-3-19(25-18-11-7-10-17(14-18)23-2)20(22)21-12-13-24-15-16-8-5-4-6-9-16/h4-11,14,19H,3,12-13,15H2,1-2H3,(H,21,22). The Hall–Kier alpha value is -2.53. The number of carbonyl (C=O) groups is 1. The van der Waals surface area contributed by atoms with Gasteiger partial charge in [0.1, 0.15) is 11.5 Å². The number of rotatable bonds is 10. The number of methoxy groups -OCH3 is 1. The lowest BCUT2D eigenvalue weighted by molar-refractivity contribution is -0.128. The van der Waals surface area contributed by atoms with Crippen LogP contribution in [-0.4, -0.2) is 32.3 Å². The molecule has 2 aromatic rings. The molecule has 0 saturated heterocycles. The zero-order valence-corrected chi connectivity index (χ0v) is 14.7. The number of carbonyl (C=O) groups excluding carboxylic acids is 1. The van der Waals surface area contributed by atoms with Crippen LogP contribution < -0.4 is 14.8 Å². The van der Waals surface area contributed by atoms with Gasteiger partial charge in [-0.3, -0.25) is 4.79 Å². The van der Waals surface area contributed by atoms with Crippen LogP contribution in [0.15, 0.2) is 54.6 Å². The largest absolute Gasteiger partial charge is 0.497 e. The quantitative estimate of drug-likeness (QED) is 0.673. The molecule has 2 aromatic carbocycles. The van der Waals surface area contributed by atoms with Crippen LogP contribution in [0.2, 0.25) is 0 Å². The van der Waals surface area contributed by atoms with Crippen LogP contribution >= 0.6 is 0 Å². The highest BCUT2D eigenvalue weighted by Gasteiger charge is 2.18. The Morgan fingerprint density at radius 2 is 1.84 bits per heavy atom. The van der Waals surface area contributed by atoms with Crippen LogP contribution in [-0.2, 0) is 16.1 Å². The maximum Gasteiger partial charge on any atom is 0.261 e. The lowest BCUT2D eigenvalue weighted by Gasteiger charge is -2.17. The third-order valence-corrected chi connectivity index (χ3v) is 3.64. The van der Waals surface area contributed by atoms with E-state index in [1.165, 1.54) is 0 Å². The van der Waals surface area contributed by atoms with Gasteiger partial charge in [-0.25, -0.2) is 0 Å². The van der Waals surface area contributed by atoms with Crippen molar-refractivity contribution >= 4 is 5.91 Å². The van der Waals surface area contributed by atoms with Crippen molar-refractivity contribution in [2.45, 2.75) is 26.1 Å². The zero-order chi connectivity index (χ0) is 17.9. The predicted molar refractivity (Wildman–Crippen MR) is 96.8 cm³/mol. The van der Waals surface area contributed by atoms with Gasteiger partial charge in [0, 0.05) is 12.6 Å². The van der Waals surface area contributed by atoms with Crippen LogP contribution in [0.4, 0.5) is 0 Å². The normalized spacial score (nSPS) is 11.6. The highest BCUT2D eigenvalue weighted by Crippen LogP contribution is 2.20. The number of benzene rings is 2. The minimum absolute atomic E-state index is 0.145. The Balaban J connectivity index is 1.72. The molecule has 0 spiro atoms. The summed E-state index contributed by atoms with van der Waals surface area (Å²) in [7, 11) is 1.60. The molecule has 0 fully saturated rings. The molecule has 2 rings (SSSR count). The second-order valence-electron chi connectivity index (χ2n) is 5.52. The molecule has 134 valence electrons. The molecule has 0 bridgehead atoms. The van der Waals surface area contributed by atoms with Crippen LogP contribution in [0.3, 0.4) is 0 Å². The number of ether oxygens (including phenoxy) is 3. The highest BCUT2D eigenvalue weighted by atomic mass is 16.5. The van der Waals surface area contributed by atoms with Gasteiger partial charge in [-0.05, 0) is 24.1 Å². The molecule has 5 heteroatoms. The molecule has 5 nitrogen and oxygen atoms in total. The second-order valence-corrected chi connectivity index (χ2v) is 5.52. The van der Waals surface area contributed by atoms with E-state index in [-0.39, 0.29) is 5.91 Å². The van der Waals surface area contributed by atoms with Crippen molar-refractivity contribution in [3.05, 3.63) is 60.2 Å². The van der Waals surface area contributed by atoms with Gasteiger partial charge in [0.25, 0.3) is 5.91 Å². The Labute approximate surface area is 148 Å². The monoisotopic (exact) mass is 343 g/mol. The fourth-order valence-electron chi connectivity index (χ4n) is 2.29. The fourth-order valence-corrected chi connectivity index (χ4v) is 2.29. The zero-order valence-electron chi connectivity index (χ0n) is 14.7. The molecule has 1 unspecified atom stereocenters. The van der Waals surface area contributed by atoms with E-state index in [2.05, 4.69) is 5.32 Å². The first kappa shape index (κ1) is 18.8. The van der Waals surface area contributed by atoms with Crippen LogP contribution in [0.1, 0.15) is 18.9 Å². The molecule has 0 aliphatic heterocycles. The summed E-state index contributed by atoms with van der Waals surface area (Å²) in [5.74, 6) is 1.16. The minimum Gasteiger partial charge on any atom is -0.497 e. The van der Waals surface area contributed by atoms with E-state index in [1.54, 1.807) is 19.2 Å². The van der Waals surface area contributed by atoms with Crippen molar-refractivity contribution < 1.29 is 19.0 Å². The van der Waals surface area contributed by atoms with Gasteiger partial charge in [0.2, 0.25) is 0 Å². The third kappa shape index (κ3) is 6.47. The van der Waals surface area contributed by atoms with Crippen LogP contribution in [0.25, 0.3) is 0 Å². The Morgan fingerprint density at radius 1 is 1.08 bits per heavy atom. The van der Waals surface area contributed by atoms with Crippen molar-refractivity contribution in [2.75, 3.05) is 20.3 Å². The summed E-state index contributed by atoms with van der Waals surface area (Å²) >= 11 is 0. The number of hydrogen-bond donors (Lipinski definition) is 1. The maximum absolute atomic E-state index is 12.2. The first-order valence-electron chi connectivity index (χ1n) is 8.43. The predicted octanol–water partition coefficient (Wildman–Crippen LogP) is 3.19. The molecule has 0 saturated carbocycles. The van der Waals surface area contributed by atoms with Gasteiger partial charge in [-0.2, -0.15) is 0 Å². The van der Waals surface area contributed by atoms with Crippen LogP contribution in [0, 0.1) is 0 Å².